The average molecular weight is 416 g/mol. The number of amides is 1. The van der Waals surface area contributed by atoms with Crippen LogP contribution in [0.1, 0.15) is 31.2 Å². The molecule has 0 spiro atoms. The van der Waals surface area contributed by atoms with Crippen LogP contribution in [0.25, 0.3) is 10.9 Å². The first-order chi connectivity index (χ1) is 14.4. The van der Waals surface area contributed by atoms with Crippen LogP contribution in [0.4, 0.5) is 0 Å². The number of nitrogens with one attached hydrogen (secondary N) is 1. The number of para-hydroxylation sites is 1. The number of hydrogen-bond acceptors (Lipinski definition) is 4. The molecule has 1 aromatic heterocycles. The molecule has 1 aliphatic heterocycles. The smallest absolute Gasteiger partial charge is 0.290 e. The van der Waals surface area contributed by atoms with E-state index in [0.717, 1.165) is 44.3 Å². The number of carbonyl (C=O) groups excluding carboxylic acids is 1. The summed E-state index contributed by atoms with van der Waals surface area (Å²) in [5.41, 5.74) is 2.46. The van der Waals surface area contributed by atoms with E-state index in [-0.39, 0.29) is 24.5 Å². The van der Waals surface area contributed by atoms with Gasteiger partial charge in [0.2, 0.25) is 5.91 Å². The highest BCUT2D eigenvalue weighted by atomic mass is 16.3. The Kier molecular flexibility index (Phi) is 7.50. The van der Waals surface area contributed by atoms with Crippen LogP contribution in [0, 0.1) is 11.8 Å². The van der Waals surface area contributed by atoms with Crippen LogP contribution in [0.15, 0.2) is 30.5 Å². The van der Waals surface area contributed by atoms with Crippen LogP contribution in [-0.4, -0.2) is 76.7 Å². The number of fused-ring (bicyclic) bond motifs is 2. The van der Waals surface area contributed by atoms with Crippen molar-refractivity contribution in [1.29, 1.82) is 0 Å². The van der Waals surface area contributed by atoms with Crippen molar-refractivity contribution in [1.82, 2.24) is 14.8 Å². The molecule has 1 aromatic carbocycles. The molecule has 164 valence electrons. The second-order valence-electron chi connectivity index (χ2n) is 8.71. The fourth-order valence-electron chi connectivity index (χ4n) is 5.09. The lowest BCUT2D eigenvalue weighted by atomic mass is 9.77. The van der Waals surface area contributed by atoms with Gasteiger partial charge in [-0.25, -0.2) is 0 Å². The average Bonchev–Trinajstić information content (AvgIpc) is 3.31. The molecule has 2 aromatic rings. The number of likely N-dealkylation sites (N-methyl/N-ethyl adjacent to an activating group) is 1. The third-order valence-electron chi connectivity index (χ3n) is 6.64. The van der Waals surface area contributed by atoms with Gasteiger partial charge in [-0.05, 0) is 63.2 Å². The first kappa shape index (κ1) is 22.3. The highest BCUT2D eigenvalue weighted by Crippen LogP contribution is 2.38. The summed E-state index contributed by atoms with van der Waals surface area (Å²) in [7, 11) is 4.08. The van der Waals surface area contributed by atoms with Gasteiger partial charge in [-0.3, -0.25) is 9.59 Å². The minimum absolute atomic E-state index is 0.225. The zero-order chi connectivity index (χ0) is 21.7. The Labute approximate surface area is 177 Å². The molecule has 7 heteroatoms. The van der Waals surface area contributed by atoms with Gasteiger partial charge in [0.25, 0.3) is 6.47 Å². The molecule has 30 heavy (non-hydrogen) atoms. The summed E-state index contributed by atoms with van der Waals surface area (Å²) in [6, 6.07) is 8.55. The summed E-state index contributed by atoms with van der Waals surface area (Å²) in [5, 5.41) is 18.6. The summed E-state index contributed by atoms with van der Waals surface area (Å²) in [6.45, 7) is 1.45. The Morgan fingerprint density at radius 2 is 1.90 bits per heavy atom. The lowest BCUT2D eigenvalue weighted by molar-refractivity contribution is -0.130. The summed E-state index contributed by atoms with van der Waals surface area (Å²) >= 11 is 0. The van der Waals surface area contributed by atoms with Gasteiger partial charge in [0.15, 0.2) is 0 Å². The van der Waals surface area contributed by atoms with Crippen molar-refractivity contribution in [3.8, 4) is 0 Å². The molecule has 4 atom stereocenters. The standard InChI is InChI=1S/C22H31N3O2.CH2O2/c1-24(2)20-10-16-13-25(14-17(16)11-21(20)26)22(27)9-5-6-15-12-23-19-8-4-3-7-18(15)19;2-1-3/h3-4,7-8,12,16-17,20-21,23,26H,5-6,9-11,13-14H2,1-2H3;1H,(H,2,3)/t16-,17+,20-,21-;/m1./s1. The Balaban J connectivity index is 0.000000806. The fourth-order valence-corrected chi connectivity index (χ4v) is 5.09. The molecule has 2 heterocycles. The number of benzene rings is 1. The molecule has 0 unspecified atom stereocenters. The number of hydrogen-bond donors (Lipinski definition) is 3. The van der Waals surface area contributed by atoms with E-state index in [4.69, 9.17) is 9.90 Å². The van der Waals surface area contributed by atoms with E-state index in [1.165, 1.54) is 10.9 Å². The minimum Gasteiger partial charge on any atom is -0.483 e. The van der Waals surface area contributed by atoms with E-state index in [1.54, 1.807) is 0 Å². The molecule has 0 bridgehead atoms. The van der Waals surface area contributed by atoms with Crippen molar-refractivity contribution in [2.24, 2.45) is 11.8 Å². The van der Waals surface area contributed by atoms with Crippen molar-refractivity contribution in [3.63, 3.8) is 0 Å². The van der Waals surface area contributed by atoms with Gasteiger partial charge < -0.3 is 25.0 Å². The third-order valence-corrected chi connectivity index (χ3v) is 6.64. The van der Waals surface area contributed by atoms with E-state index in [0.29, 0.717) is 18.3 Å². The topological polar surface area (TPSA) is 96.9 Å². The van der Waals surface area contributed by atoms with Gasteiger partial charge in [0.05, 0.1) is 6.10 Å². The molecular weight excluding hydrogens is 382 g/mol. The quantitative estimate of drug-likeness (QED) is 0.652. The third kappa shape index (κ3) is 5.02. The van der Waals surface area contributed by atoms with Crippen LogP contribution in [0.2, 0.25) is 0 Å². The van der Waals surface area contributed by atoms with Crippen LogP contribution in [0.3, 0.4) is 0 Å². The van der Waals surface area contributed by atoms with Gasteiger partial charge in [-0.15, -0.1) is 0 Å². The zero-order valence-electron chi connectivity index (χ0n) is 17.8. The Morgan fingerprint density at radius 1 is 1.23 bits per heavy atom. The second kappa shape index (κ2) is 10.1. The first-order valence-corrected chi connectivity index (χ1v) is 10.7. The zero-order valence-corrected chi connectivity index (χ0v) is 17.8. The lowest BCUT2D eigenvalue weighted by Gasteiger charge is -2.38. The number of aliphatic hydroxyl groups excluding tert-OH is 1. The molecule has 3 N–H and O–H groups in total. The summed E-state index contributed by atoms with van der Waals surface area (Å²) in [4.78, 5) is 28.6. The summed E-state index contributed by atoms with van der Waals surface area (Å²) in [6.07, 6.45) is 6.05. The van der Waals surface area contributed by atoms with E-state index in [9.17, 15) is 9.90 Å². The van der Waals surface area contributed by atoms with Gasteiger partial charge in [0, 0.05) is 42.7 Å². The minimum atomic E-state index is -0.266. The number of aromatic nitrogens is 1. The van der Waals surface area contributed by atoms with Crippen molar-refractivity contribution in [2.75, 3.05) is 27.2 Å². The van der Waals surface area contributed by atoms with Gasteiger partial charge in [-0.1, -0.05) is 18.2 Å². The van der Waals surface area contributed by atoms with Gasteiger partial charge in [-0.2, -0.15) is 0 Å². The van der Waals surface area contributed by atoms with Crippen LogP contribution < -0.4 is 0 Å². The number of aryl methyl sites for hydroxylation is 1. The second-order valence-corrected chi connectivity index (χ2v) is 8.71. The number of aromatic amines is 1. The predicted octanol–water partition coefficient (Wildman–Crippen LogP) is 2.35. The van der Waals surface area contributed by atoms with Gasteiger partial charge in [0.1, 0.15) is 0 Å². The van der Waals surface area contributed by atoms with Gasteiger partial charge >= 0.3 is 0 Å². The first-order valence-electron chi connectivity index (χ1n) is 10.7. The Hall–Kier alpha value is -2.38. The molecule has 1 amide bonds. The Morgan fingerprint density at radius 3 is 2.60 bits per heavy atom. The Bertz CT molecular complexity index is 850. The number of aliphatic hydroxyl groups is 1. The number of carboxylic acid groups (broad SMARTS) is 1. The van der Waals surface area contributed by atoms with Crippen LogP contribution >= 0.6 is 0 Å². The molecule has 1 saturated carbocycles. The van der Waals surface area contributed by atoms with Crippen molar-refractivity contribution < 1.29 is 19.8 Å². The highest BCUT2D eigenvalue weighted by molar-refractivity contribution is 5.83. The summed E-state index contributed by atoms with van der Waals surface area (Å²) in [5.74, 6) is 1.28. The van der Waals surface area contributed by atoms with Crippen molar-refractivity contribution >= 4 is 23.3 Å². The largest absolute Gasteiger partial charge is 0.483 e. The van der Waals surface area contributed by atoms with E-state index in [2.05, 4.69) is 39.2 Å². The SMILES string of the molecule is CN(C)[C@@H]1C[C@@H]2CN(C(=O)CCCc3c[nH]c4ccccc34)C[C@@H]2C[C@H]1O.O=CO. The molecule has 7 nitrogen and oxygen atoms in total. The van der Waals surface area contributed by atoms with Crippen LogP contribution in [0.5, 0.6) is 0 Å². The number of rotatable bonds is 5. The molecule has 4 rings (SSSR count). The van der Waals surface area contributed by atoms with Crippen LogP contribution in [-0.2, 0) is 16.0 Å². The molecule has 1 aliphatic carbocycles. The number of carbonyl (C=O) groups is 2. The maximum absolute atomic E-state index is 12.7. The molecule has 2 fully saturated rings. The summed E-state index contributed by atoms with van der Waals surface area (Å²) < 4.78 is 0. The lowest BCUT2D eigenvalue weighted by Crippen LogP contribution is -2.46. The van der Waals surface area contributed by atoms with Crippen molar-refractivity contribution in [2.45, 2.75) is 44.2 Å². The van der Waals surface area contributed by atoms with Crippen molar-refractivity contribution in [3.05, 3.63) is 36.0 Å². The fraction of sp³-hybridized carbons (Fsp3) is 0.565. The monoisotopic (exact) mass is 415 g/mol. The number of nitrogens with zero attached hydrogens (tertiary/aromatic N) is 2. The number of H-pyrrole nitrogens is 1. The normalized spacial score (nSPS) is 25.7. The number of likely N-dealkylation sites (tertiary alicyclic amines) is 1. The molecule has 0 radical (unpaired) electrons. The molecule has 2 aliphatic rings. The molecule has 1 saturated heterocycles. The molecular formula is C23H33N3O4. The highest BCUT2D eigenvalue weighted by Gasteiger charge is 2.43. The van der Waals surface area contributed by atoms with E-state index in [1.807, 2.05) is 20.2 Å². The maximum atomic E-state index is 12.7. The predicted molar refractivity (Wildman–Crippen MR) is 116 cm³/mol. The maximum Gasteiger partial charge on any atom is 0.290 e. The van der Waals surface area contributed by atoms with E-state index >= 15 is 0 Å². The van der Waals surface area contributed by atoms with E-state index < -0.39 is 0 Å².